The van der Waals surface area contributed by atoms with Crippen molar-refractivity contribution in [2.75, 3.05) is 52.4 Å². The minimum Gasteiger partial charge on any atom is -0.338 e. The molecular weight excluding hydrogens is 357 g/mol. The van der Waals surface area contributed by atoms with Crippen LogP contribution < -0.4 is 5.32 Å². The molecule has 27 heavy (non-hydrogen) atoms. The highest BCUT2D eigenvalue weighted by Crippen LogP contribution is 2.25. The van der Waals surface area contributed by atoms with E-state index in [-0.39, 0.29) is 11.9 Å². The predicted octanol–water partition coefficient (Wildman–Crippen LogP) is 2.92. The number of nitrogens with one attached hydrogen (secondary N) is 1. The van der Waals surface area contributed by atoms with Crippen molar-refractivity contribution in [3.05, 3.63) is 0 Å². The van der Waals surface area contributed by atoms with E-state index in [9.17, 15) is 18.0 Å². The molecule has 1 N–H and O–H groups in total. The van der Waals surface area contributed by atoms with Crippen LogP contribution in [0.25, 0.3) is 0 Å². The van der Waals surface area contributed by atoms with Gasteiger partial charge < -0.3 is 10.2 Å². The van der Waals surface area contributed by atoms with Gasteiger partial charge >= 0.3 is 12.2 Å². The molecular formula is C19H33F3N4O. The number of carbonyl (C=O) groups is 1. The summed E-state index contributed by atoms with van der Waals surface area (Å²) in [5.74, 6) is 0.278. The maximum absolute atomic E-state index is 12.5. The molecule has 0 bridgehead atoms. The van der Waals surface area contributed by atoms with Crippen molar-refractivity contribution in [3.8, 4) is 0 Å². The number of alkyl halides is 3. The third-order valence-corrected chi connectivity index (χ3v) is 6.31. The zero-order valence-corrected chi connectivity index (χ0v) is 16.1. The summed E-state index contributed by atoms with van der Waals surface area (Å²) in [6, 6.07) is 0.691. The number of halogens is 3. The third-order valence-electron chi connectivity index (χ3n) is 6.31. The molecule has 0 unspecified atom stereocenters. The maximum atomic E-state index is 12.5. The zero-order chi connectivity index (χ0) is 19.3. The number of likely N-dealkylation sites (tertiary alicyclic amines) is 1. The van der Waals surface area contributed by atoms with E-state index in [1.54, 1.807) is 0 Å². The summed E-state index contributed by atoms with van der Waals surface area (Å²) in [6.07, 6.45) is 3.55. The summed E-state index contributed by atoms with van der Waals surface area (Å²) >= 11 is 0. The smallest absolute Gasteiger partial charge is 0.338 e. The van der Waals surface area contributed by atoms with Gasteiger partial charge in [-0.25, -0.2) is 4.79 Å². The monoisotopic (exact) mass is 390 g/mol. The maximum Gasteiger partial charge on any atom is 0.401 e. The molecule has 1 saturated carbocycles. The molecule has 0 radical (unpaired) electrons. The van der Waals surface area contributed by atoms with Crippen molar-refractivity contribution in [2.45, 2.75) is 57.2 Å². The van der Waals surface area contributed by atoms with Crippen LogP contribution in [0.3, 0.4) is 0 Å². The van der Waals surface area contributed by atoms with Crippen LogP contribution in [0, 0.1) is 5.92 Å². The van der Waals surface area contributed by atoms with Gasteiger partial charge in [0.15, 0.2) is 0 Å². The molecule has 2 aliphatic heterocycles. The fourth-order valence-corrected chi connectivity index (χ4v) is 4.72. The minimum atomic E-state index is -4.12. The van der Waals surface area contributed by atoms with E-state index >= 15 is 0 Å². The second-order valence-electron chi connectivity index (χ2n) is 8.34. The minimum absolute atomic E-state index is 0.0130. The normalized spacial score (nSPS) is 24.9. The van der Waals surface area contributed by atoms with Crippen LogP contribution in [0.15, 0.2) is 0 Å². The number of hydrogen-bond acceptors (Lipinski definition) is 3. The zero-order valence-electron chi connectivity index (χ0n) is 16.1. The van der Waals surface area contributed by atoms with Gasteiger partial charge in [0.25, 0.3) is 0 Å². The largest absolute Gasteiger partial charge is 0.401 e. The Hall–Kier alpha value is -1.02. The summed E-state index contributed by atoms with van der Waals surface area (Å²) in [6.45, 7) is 4.25. The molecule has 1 aliphatic carbocycles. The molecule has 0 aromatic rings. The molecule has 2 heterocycles. The lowest BCUT2D eigenvalue weighted by Crippen LogP contribution is -2.46. The molecule has 2 amide bonds. The van der Waals surface area contributed by atoms with Crippen LogP contribution >= 0.6 is 0 Å². The number of piperidine rings is 1. The lowest BCUT2D eigenvalue weighted by Gasteiger charge is -2.32. The van der Waals surface area contributed by atoms with Gasteiger partial charge in [0.05, 0.1) is 6.54 Å². The molecule has 5 nitrogen and oxygen atoms in total. The first-order valence-electron chi connectivity index (χ1n) is 10.5. The number of urea groups is 1. The van der Waals surface area contributed by atoms with E-state index in [0.29, 0.717) is 38.5 Å². The Morgan fingerprint density at radius 1 is 0.889 bits per heavy atom. The van der Waals surface area contributed by atoms with Gasteiger partial charge in [-0.2, -0.15) is 13.2 Å². The molecule has 3 rings (SSSR count). The summed E-state index contributed by atoms with van der Waals surface area (Å²) < 4.78 is 37.3. The average molecular weight is 390 g/mol. The second-order valence-corrected chi connectivity index (χ2v) is 8.34. The molecule has 0 aromatic heterocycles. The van der Waals surface area contributed by atoms with Crippen molar-refractivity contribution in [1.29, 1.82) is 0 Å². The number of amides is 2. The molecule has 0 spiro atoms. The van der Waals surface area contributed by atoms with E-state index in [1.807, 2.05) is 4.90 Å². The van der Waals surface area contributed by atoms with Gasteiger partial charge in [0.1, 0.15) is 0 Å². The first-order chi connectivity index (χ1) is 12.9. The molecule has 3 aliphatic rings. The van der Waals surface area contributed by atoms with Gasteiger partial charge in [-0.15, -0.1) is 0 Å². The van der Waals surface area contributed by atoms with Crippen LogP contribution in [-0.2, 0) is 0 Å². The van der Waals surface area contributed by atoms with Crippen LogP contribution in [0.4, 0.5) is 18.0 Å². The number of carbonyl (C=O) groups excluding carboxylic acids is 1. The van der Waals surface area contributed by atoms with E-state index in [1.165, 1.54) is 30.6 Å². The Kier molecular flexibility index (Phi) is 7.25. The van der Waals surface area contributed by atoms with Gasteiger partial charge in [0, 0.05) is 38.8 Å². The molecule has 8 heteroatoms. The summed E-state index contributed by atoms with van der Waals surface area (Å²) in [5, 5.41) is 3.03. The Morgan fingerprint density at radius 2 is 1.59 bits per heavy atom. The van der Waals surface area contributed by atoms with E-state index in [0.717, 1.165) is 32.6 Å². The van der Waals surface area contributed by atoms with E-state index < -0.39 is 12.7 Å². The lowest BCUT2D eigenvalue weighted by atomic mass is 9.97. The number of rotatable bonds is 4. The highest BCUT2D eigenvalue weighted by atomic mass is 19.4. The Labute approximate surface area is 160 Å². The standard InChI is InChI=1S/C19H33F3N4O/c20-19(21,22)15-24-10-6-16(7-11-24)14-23-18(27)26-9-3-8-25(12-13-26)17-4-1-2-5-17/h16-17H,1-15H2,(H,23,27). The molecule has 0 atom stereocenters. The first kappa shape index (κ1) is 20.7. The van der Waals surface area contributed by atoms with Crippen molar-refractivity contribution < 1.29 is 18.0 Å². The third kappa shape index (κ3) is 6.52. The topological polar surface area (TPSA) is 38.8 Å². The van der Waals surface area contributed by atoms with Crippen molar-refractivity contribution >= 4 is 6.03 Å². The molecule has 0 aromatic carbocycles. The van der Waals surface area contributed by atoms with Crippen LogP contribution in [-0.4, -0.2) is 85.3 Å². The van der Waals surface area contributed by atoms with Crippen molar-refractivity contribution in [2.24, 2.45) is 5.92 Å². The average Bonchev–Trinajstić information content (AvgIpc) is 3.04. The highest BCUT2D eigenvalue weighted by Gasteiger charge is 2.32. The predicted molar refractivity (Wildman–Crippen MR) is 98.6 cm³/mol. The summed E-state index contributed by atoms with van der Waals surface area (Å²) in [4.78, 5) is 18.4. The van der Waals surface area contributed by atoms with Gasteiger partial charge in [-0.05, 0) is 51.1 Å². The van der Waals surface area contributed by atoms with Crippen LogP contribution in [0.1, 0.15) is 44.9 Å². The fourth-order valence-electron chi connectivity index (χ4n) is 4.72. The Bertz CT molecular complexity index is 474. The van der Waals surface area contributed by atoms with Crippen molar-refractivity contribution in [1.82, 2.24) is 20.0 Å². The summed E-state index contributed by atoms with van der Waals surface area (Å²) in [5.41, 5.74) is 0. The van der Waals surface area contributed by atoms with Crippen LogP contribution in [0.2, 0.25) is 0 Å². The van der Waals surface area contributed by atoms with E-state index in [4.69, 9.17) is 0 Å². The van der Waals surface area contributed by atoms with Gasteiger partial charge in [0.2, 0.25) is 0 Å². The van der Waals surface area contributed by atoms with Gasteiger partial charge in [-0.1, -0.05) is 12.8 Å². The van der Waals surface area contributed by atoms with Crippen LogP contribution in [0.5, 0.6) is 0 Å². The number of hydrogen-bond donors (Lipinski definition) is 1. The highest BCUT2D eigenvalue weighted by molar-refractivity contribution is 5.74. The SMILES string of the molecule is O=C(NCC1CCN(CC(F)(F)F)CC1)N1CCCN(C2CCCC2)CC1. The van der Waals surface area contributed by atoms with Crippen molar-refractivity contribution in [3.63, 3.8) is 0 Å². The fraction of sp³-hybridized carbons (Fsp3) is 0.947. The van der Waals surface area contributed by atoms with Gasteiger partial charge in [-0.3, -0.25) is 9.80 Å². The second kappa shape index (κ2) is 9.45. The Balaban J connectivity index is 1.35. The quantitative estimate of drug-likeness (QED) is 0.802. The van der Waals surface area contributed by atoms with E-state index in [2.05, 4.69) is 10.2 Å². The summed E-state index contributed by atoms with van der Waals surface area (Å²) in [7, 11) is 0. The number of nitrogens with zero attached hydrogens (tertiary/aromatic N) is 3. The Morgan fingerprint density at radius 3 is 2.26 bits per heavy atom. The molecule has 156 valence electrons. The first-order valence-corrected chi connectivity index (χ1v) is 10.5. The molecule has 3 fully saturated rings. The molecule has 2 saturated heterocycles. The lowest BCUT2D eigenvalue weighted by molar-refractivity contribution is -0.148.